The molecule has 1 aliphatic rings. The first-order valence-corrected chi connectivity index (χ1v) is 7.72. The molecule has 1 aliphatic heterocycles. The van der Waals surface area contributed by atoms with Gasteiger partial charge in [-0.15, -0.1) is 0 Å². The number of halogens is 3. The Morgan fingerprint density at radius 3 is 2.70 bits per heavy atom. The van der Waals surface area contributed by atoms with E-state index in [2.05, 4.69) is 31.9 Å². The van der Waals surface area contributed by atoms with Gasteiger partial charge in [0.05, 0.1) is 10.6 Å². The summed E-state index contributed by atoms with van der Waals surface area (Å²) in [7, 11) is 0. The SMILES string of the molecule is O[C@H]1CC(c2ccc(F)c(Br)c2)Oc2ccc(Br)cc21. The Labute approximate surface area is 132 Å². The average molecular weight is 402 g/mol. The largest absolute Gasteiger partial charge is 0.485 e. The van der Waals surface area contributed by atoms with E-state index in [1.807, 2.05) is 18.2 Å². The van der Waals surface area contributed by atoms with Gasteiger partial charge >= 0.3 is 0 Å². The van der Waals surface area contributed by atoms with E-state index in [9.17, 15) is 9.50 Å². The van der Waals surface area contributed by atoms with E-state index in [0.717, 1.165) is 15.6 Å². The molecule has 0 bridgehead atoms. The summed E-state index contributed by atoms with van der Waals surface area (Å²) in [4.78, 5) is 0. The summed E-state index contributed by atoms with van der Waals surface area (Å²) >= 11 is 6.55. The zero-order chi connectivity index (χ0) is 14.3. The molecule has 104 valence electrons. The summed E-state index contributed by atoms with van der Waals surface area (Å²) in [5.41, 5.74) is 1.61. The van der Waals surface area contributed by atoms with Gasteiger partial charge < -0.3 is 9.84 Å². The maximum Gasteiger partial charge on any atom is 0.137 e. The predicted octanol–water partition coefficient (Wildman–Crippen LogP) is 4.91. The van der Waals surface area contributed by atoms with Gasteiger partial charge in [0.25, 0.3) is 0 Å². The maximum absolute atomic E-state index is 13.3. The number of benzene rings is 2. The van der Waals surface area contributed by atoms with Crippen molar-refractivity contribution in [2.45, 2.75) is 18.6 Å². The lowest BCUT2D eigenvalue weighted by molar-refractivity contribution is 0.0656. The van der Waals surface area contributed by atoms with Crippen LogP contribution >= 0.6 is 31.9 Å². The summed E-state index contributed by atoms with van der Waals surface area (Å²) in [6.45, 7) is 0. The highest BCUT2D eigenvalue weighted by molar-refractivity contribution is 9.10. The zero-order valence-corrected chi connectivity index (χ0v) is 13.5. The highest BCUT2D eigenvalue weighted by atomic mass is 79.9. The van der Waals surface area contributed by atoms with Crippen molar-refractivity contribution in [2.24, 2.45) is 0 Å². The highest BCUT2D eigenvalue weighted by Crippen LogP contribution is 2.42. The number of aliphatic hydroxyl groups is 1. The molecule has 0 saturated carbocycles. The zero-order valence-electron chi connectivity index (χ0n) is 10.3. The molecular weight excluding hydrogens is 391 g/mol. The number of fused-ring (bicyclic) bond motifs is 1. The first-order chi connectivity index (χ1) is 9.54. The molecule has 1 heterocycles. The van der Waals surface area contributed by atoms with Gasteiger partial charge in [-0.1, -0.05) is 22.0 Å². The second kappa shape index (κ2) is 5.47. The minimum absolute atomic E-state index is 0.282. The van der Waals surface area contributed by atoms with Crippen molar-refractivity contribution in [1.29, 1.82) is 0 Å². The Bertz CT molecular complexity index is 660. The molecular formula is C15H11Br2FO2. The van der Waals surface area contributed by atoms with Crippen LogP contribution in [0.4, 0.5) is 4.39 Å². The summed E-state index contributed by atoms with van der Waals surface area (Å²) in [5, 5.41) is 10.3. The predicted molar refractivity (Wildman–Crippen MR) is 81.2 cm³/mol. The molecule has 0 spiro atoms. The number of rotatable bonds is 1. The van der Waals surface area contributed by atoms with Crippen LogP contribution in [-0.2, 0) is 0 Å². The van der Waals surface area contributed by atoms with Crippen LogP contribution in [0, 0.1) is 5.82 Å². The molecule has 0 amide bonds. The molecule has 2 aromatic carbocycles. The minimum Gasteiger partial charge on any atom is -0.485 e. The van der Waals surface area contributed by atoms with E-state index in [4.69, 9.17) is 4.74 Å². The van der Waals surface area contributed by atoms with Crippen molar-refractivity contribution in [3.05, 3.63) is 62.3 Å². The van der Waals surface area contributed by atoms with Crippen LogP contribution in [0.1, 0.15) is 29.8 Å². The second-order valence-corrected chi connectivity index (χ2v) is 6.48. The standard InChI is InChI=1S/C15H11Br2FO2/c16-9-2-4-14-10(6-9)13(19)7-15(20-14)8-1-3-12(18)11(17)5-8/h1-6,13,15,19H,7H2/t13-,15?/m0/s1. The van der Waals surface area contributed by atoms with Crippen LogP contribution in [0.3, 0.4) is 0 Å². The summed E-state index contributed by atoms with van der Waals surface area (Å²) in [6, 6.07) is 10.3. The van der Waals surface area contributed by atoms with E-state index in [1.165, 1.54) is 6.07 Å². The van der Waals surface area contributed by atoms with Crippen molar-refractivity contribution in [2.75, 3.05) is 0 Å². The Hall–Kier alpha value is -0.910. The van der Waals surface area contributed by atoms with Crippen molar-refractivity contribution in [1.82, 2.24) is 0 Å². The molecule has 1 unspecified atom stereocenters. The fourth-order valence-electron chi connectivity index (χ4n) is 2.33. The van der Waals surface area contributed by atoms with Gasteiger partial charge in [0, 0.05) is 16.5 Å². The molecule has 2 aromatic rings. The van der Waals surface area contributed by atoms with Crippen molar-refractivity contribution in [3.8, 4) is 5.75 Å². The number of hydrogen-bond acceptors (Lipinski definition) is 2. The quantitative estimate of drug-likeness (QED) is 0.735. The Morgan fingerprint density at radius 2 is 1.95 bits per heavy atom. The average Bonchev–Trinajstić information content (AvgIpc) is 2.42. The molecule has 0 aliphatic carbocycles. The third-order valence-electron chi connectivity index (χ3n) is 3.35. The van der Waals surface area contributed by atoms with Crippen LogP contribution < -0.4 is 4.74 Å². The Kier molecular flexibility index (Phi) is 3.84. The van der Waals surface area contributed by atoms with Crippen LogP contribution in [0.15, 0.2) is 45.3 Å². The summed E-state index contributed by atoms with van der Waals surface area (Å²) in [5.74, 6) is 0.354. The lowest BCUT2D eigenvalue weighted by Crippen LogP contribution is -2.19. The van der Waals surface area contributed by atoms with Crippen molar-refractivity contribution in [3.63, 3.8) is 0 Å². The number of ether oxygens (including phenoxy) is 1. The van der Waals surface area contributed by atoms with E-state index >= 15 is 0 Å². The number of hydrogen-bond donors (Lipinski definition) is 1. The van der Waals surface area contributed by atoms with Gasteiger partial charge in [-0.25, -0.2) is 4.39 Å². The van der Waals surface area contributed by atoms with Gasteiger partial charge in [0.2, 0.25) is 0 Å². The van der Waals surface area contributed by atoms with E-state index in [-0.39, 0.29) is 11.9 Å². The van der Waals surface area contributed by atoms with Crippen molar-refractivity contribution >= 4 is 31.9 Å². The molecule has 3 rings (SSSR count). The van der Waals surface area contributed by atoms with Crippen LogP contribution in [0.25, 0.3) is 0 Å². The first-order valence-electron chi connectivity index (χ1n) is 6.13. The van der Waals surface area contributed by atoms with Crippen LogP contribution in [0.2, 0.25) is 0 Å². The second-order valence-electron chi connectivity index (χ2n) is 4.71. The Balaban J connectivity index is 1.94. The molecule has 2 nitrogen and oxygen atoms in total. The fraction of sp³-hybridized carbons (Fsp3) is 0.200. The van der Waals surface area contributed by atoms with Crippen molar-refractivity contribution < 1.29 is 14.2 Å². The normalized spacial score (nSPS) is 21.2. The van der Waals surface area contributed by atoms with E-state index in [0.29, 0.717) is 16.6 Å². The van der Waals surface area contributed by atoms with E-state index in [1.54, 1.807) is 12.1 Å². The lowest BCUT2D eigenvalue weighted by atomic mass is 9.95. The highest BCUT2D eigenvalue weighted by Gasteiger charge is 2.28. The molecule has 0 aromatic heterocycles. The molecule has 0 radical (unpaired) electrons. The third-order valence-corrected chi connectivity index (χ3v) is 4.45. The van der Waals surface area contributed by atoms with Gasteiger partial charge in [0.15, 0.2) is 0 Å². The number of aliphatic hydroxyl groups excluding tert-OH is 1. The fourth-order valence-corrected chi connectivity index (χ4v) is 3.11. The smallest absolute Gasteiger partial charge is 0.137 e. The minimum atomic E-state index is -0.593. The van der Waals surface area contributed by atoms with Gasteiger partial charge in [-0.3, -0.25) is 0 Å². The molecule has 0 fully saturated rings. The van der Waals surface area contributed by atoms with Crippen LogP contribution in [0.5, 0.6) is 5.75 Å². The topological polar surface area (TPSA) is 29.5 Å². The van der Waals surface area contributed by atoms with E-state index < -0.39 is 6.10 Å². The molecule has 2 atom stereocenters. The Morgan fingerprint density at radius 1 is 1.15 bits per heavy atom. The molecule has 20 heavy (non-hydrogen) atoms. The molecule has 5 heteroatoms. The monoisotopic (exact) mass is 400 g/mol. The van der Waals surface area contributed by atoms with Gasteiger partial charge in [-0.05, 0) is 51.8 Å². The summed E-state index contributed by atoms with van der Waals surface area (Å²) < 4.78 is 20.5. The first kappa shape index (κ1) is 14.0. The molecule has 1 N–H and O–H groups in total. The maximum atomic E-state index is 13.3. The molecule has 0 saturated heterocycles. The van der Waals surface area contributed by atoms with Gasteiger partial charge in [0.1, 0.15) is 17.7 Å². The van der Waals surface area contributed by atoms with Crippen LogP contribution in [-0.4, -0.2) is 5.11 Å². The third kappa shape index (κ3) is 2.62. The van der Waals surface area contributed by atoms with Gasteiger partial charge in [-0.2, -0.15) is 0 Å². The summed E-state index contributed by atoms with van der Waals surface area (Å²) in [6.07, 6.45) is -0.428. The lowest BCUT2D eigenvalue weighted by Gasteiger charge is -2.30.